The molecule has 98 valence electrons. The Balaban J connectivity index is 2.45. The summed E-state index contributed by atoms with van der Waals surface area (Å²) in [5.41, 5.74) is 8.17. The van der Waals surface area contributed by atoms with E-state index in [1.807, 2.05) is 0 Å². The van der Waals surface area contributed by atoms with Crippen LogP contribution >= 0.6 is 0 Å². The van der Waals surface area contributed by atoms with Gasteiger partial charge in [-0.05, 0) is 24.7 Å². The van der Waals surface area contributed by atoms with Crippen LogP contribution in [0.3, 0.4) is 0 Å². The van der Waals surface area contributed by atoms with E-state index in [0.717, 1.165) is 42.6 Å². The standard InChI is InChI=1S/C14H21N3O/c1-4-5-6-9-12-10(17-13(15)16-9)7-14(2,3)8-11(12)18/h4-8H2,1-3H3,(H2,15,16,17). The van der Waals surface area contributed by atoms with E-state index < -0.39 is 0 Å². The summed E-state index contributed by atoms with van der Waals surface area (Å²) in [6.07, 6.45) is 4.31. The Morgan fingerprint density at radius 2 is 2.00 bits per heavy atom. The van der Waals surface area contributed by atoms with Crippen LogP contribution in [0.15, 0.2) is 0 Å². The second-order valence-corrected chi connectivity index (χ2v) is 5.89. The summed E-state index contributed by atoms with van der Waals surface area (Å²) in [5.74, 6) is 0.470. The Kier molecular flexibility index (Phi) is 3.37. The van der Waals surface area contributed by atoms with E-state index in [0.29, 0.717) is 12.4 Å². The quantitative estimate of drug-likeness (QED) is 0.891. The zero-order valence-electron chi connectivity index (χ0n) is 11.4. The third-order valence-corrected chi connectivity index (χ3v) is 3.41. The second-order valence-electron chi connectivity index (χ2n) is 5.89. The summed E-state index contributed by atoms with van der Waals surface area (Å²) in [5, 5.41) is 0. The molecule has 0 spiro atoms. The zero-order valence-corrected chi connectivity index (χ0v) is 11.4. The number of ketones is 1. The van der Waals surface area contributed by atoms with Crippen LogP contribution in [-0.2, 0) is 12.8 Å². The van der Waals surface area contributed by atoms with Crippen LogP contribution in [0.25, 0.3) is 0 Å². The number of carbonyl (C=O) groups is 1. The van der Waals surface area contributed by atoms with E-state index in [4.69, 9.17) is 5.73 Å². The largest absolute Gasteiger partial charge is 0.368 e. The lowest BCUT2D eigenvalue weighted by molar-refractivity contribution is 0.0908. The minimum atomic E-state index is -0.0209. The predicted octanol–water partition coefficient (Wildman–Crippen LogP) is 2.56. The van der Waals surface area contributed by atoms with Crippen molar-refractivity contribution in [2.24, 2.45) is 5.41 Å². The van der Waals surface area contributed by atoms with Gasteiger partial charge < -0.3 is 5.73 Å². The van der Waals surface area contributed by atoms with Crippen molar-refractivity contribution >= 4 is 11.7 Å². The van der Waals surface area contributed by atoms with Crippen LogP contribution in [0, 0.1) is 5.41 Å². The highest BCUT2D eigenvalue weighted by Gasteiger charge is 2.34. The van der Waals surface area contributed by atoms with Crippen molar-refractivity contribution < 1.29 is 4.79 Å². The number of fused-ring (bicyclic) bond motifs is 1. The van der Waals surface area contributed by atoms with Crippen LogP contribution in [-0.4, -0.2) is 15.8 Å². The summed E-state index contributed by atoms with van der Waals surface area (Å²) in [7, 11) is 0. The van der Waals surface area contributed by atoms with Crippen LogP contribution < -0.4 is 5.73 Å². The van der Waals surface area contributed by atoms with Crippen molar-refractivity contribution in [2.45, 2.75) is 52.9 Å². The molecule has 0 unspecified atom stereocenters. The normalized spacial score (nSPS) is 17.6. The molecule has 0 bridgehead atoms. The molecular weight excluding hydrogens is 226 g/mol. The van der Waals surface area contributed by atoms with Gasteiger partial charge in [-0.15, -0.1) is 0 Å². The summed E-state index contributed by atoms with van der Waals surface area (Å²) < 4.78 is 0. The fourth-order valence-corrected chi connectivity index (χ4v) is 2.59. The van der Waals surface area contributed by atoms with Crippen molar-refractivity contribution in [2.75, 3.05) is 5.73 Å². The van der Waals surface area contributed by atoms with Gasteiger partial charge in [0.2, 0.25) is 5.95 Å². The average Bonchev–Trinajstić information content (AvgIpc) is 2.22. The van der Waals surface area contributed by atoms with Crippen molar-refractivity contribution in [1.82, 2.24) is 9.97 Å². The molecule has 0 fully saturated rings. The maximum atomic E-state index is 12.3. The fourth-order valence-electron chi connectivity index (χ4n) is 2.59. The third-order valence-electron chi connectivity index (χ3n) is 3.41. The Labute approximate surface area is 108 Å². The van der Waals surface area contributed by atoms with Crippen molar-refractivity contribution in [3.05, 3.63) is 17.0 Å². The van der Waals surface area contributed by atoms with Gasteiger partial charge in [-0.1, -0.05) is 27.2 Å². The van der Waals surface area contributed by atoms with E-state index in [-0.39, 0.29) is 11.2 Å². The number of unbranched alkanes of at least 4 members (excludes halogenated alkanes) is 1. The number of nitrogen functional groups attached to an aromatic ring is 1. The first-order chi connectivity index (χ1) is 8.43. The monoisotopic (exact) mass is 247 g/mol. The molecule has 2 rings (SSSR count). The number of nitrogens with zero attached hydrogens (tertiary/aromatic N) is 2. The number of hydrogen-bond donors (Lipinski definition) is 1. The maximum Gasteiger partial charge on any atom is 0.220 e. The minimum absolute atomic E-state index is 0.0209. The van der Waals surface area contributed by atoms with Gasteiger partial charge in [-0.2, -0.15) is 0 Å². The van der Waals surface area contributed by atoms with E-state index in [1.54, 1.807) is 0 Å². The lowest BCUT2D eigenvalue weighted by Crippen LogP contribution is -2.30. The van der Waals surface area contributed by atoms with E-state index in [2.05, 4.69) is 30.7 Å². The Morgan fingerprint density at radius 1 is 1.28 bits per heavy atom. The highest BCUT2D eigenvalue weighted by Crippen LogP contribution is 2.35. The number of anilines is 1. The average molecular weight is 247 g/mol. The molecule has 1 heterocycles. The molecule has 1 aromatic rings. The molecule has 1 aliphatic carbocycles. The number of nitrogens with two attached hydrogens (primary N) is 1. The Hall–Kier alpha value is -1.45. The van der Waals surface area contributed by atoms with Crippen LogP contribution in [0.5, 0.6) is 0 Å². The molecule has 4 nitrogen and oxygen atoms in total. The SMILES string of the molecule is CCCCc1nc(N)nc2c1C(=O)CC(C)(C)C2. The van der Waals surface area contributed by atoms with Crippen LogP contribution in [0.2, 0.25) is 0 Å². The molecule has 0 atom stereocenters. The predicted molar refractivity (Wildman–Crippen MR) is 71.5 cm³/mol. The van der Waals surface area contributed by atoms with Crippen molar-refractivity contribution in [3.8, 4) is 0 Å². The highest BCUT2D eigenvalue weighted by molar-refractivity contribution is 5.99. The first kappa shape index (κ1) is 13.0. The highest BCUT2D eigenvalue weighted by atomic mass is 16.1. The van der Waals surface area contributed by atoms with Gasteiger partial charge in [0.05, 0.1) is 17.0 Å². The molecule has 1 aliphatic rings. The van der Waals surface area contributed by atoms with Gasteiger partial charge >= 0.3 is 0 Å². The lowest BCUT2D eigenvalue weighted by Gasteiger charge is -2.30. The number of Topliss-reactive ketones (excluding diaryl/α,β-unsaturated/α-hetero) is 1. The Bertz CT molecular complexity index is 480. The first-order valence-electron chi connectivity index (χ1n) is 6.61. The van der Waals surface area contributed by atoms with Gasteiger partial charge in [0.1, 0.15) is 0 Å². The molecule has 0 aliphatic heterocycles. The topological polar surface area (TPSA) is 68.9 Å². The molecular formula is C14H21N3O. The number of hydrogen-bond acceptors (Lipinski definition) is 4. The summed E-state index contributed by atoms with van der Waals surface area (Å²) >= 11 is 0. The fraction of sp³-hybridized carbons (Fsp3) is 0.643. The van der Waals surface area contributed by atoms with Crippen molar-refractivity contribution in [3.63, 3.8) is 0 Å². The van der Waals surface area contributed by atoms with Gasteiger partial charge in [0.25, 0.3) is 0 Å². The molecule has 0 aromatic carbocycles. The summed E-state index contributed by atoms with van der Waals surface area (Å²) in [6.45, 7) is 6.32. The van der Waals surface area contributed by atoms with E-state index in [9.17, 15) is 4.79 Å². The molecule has 18 heavy (non-hydrogen) atoms. The maximum absolute atomic E-state index is 12.3. The molecule has 0 amide bonds. The zero-order chi connectivity index (χ0) is 13.3. The van der Waals surface area contributed by atoms with Gasteiger partial charge in [0.15, 0.2) is 5.78 Å². The van der Waals surface area contributed by atoms with E-state index in [1.165, 1.54) is 0 Å². The molecule has 0 saturated heterocycles. The van der Waals surface area contributed by atoms with Crippen LogP contribution in [0.4, 0.5) is 5.95 Å². The third kappa shape index (κ3) is 2.52. The van der Waals surface area contributed by atoms with Gasteiger partial charge in [-0.25, -0.2) is 9.97 Å². The number of rotatable bonds is 3. The van der Waals surface area contributed by atoms with E-state index >= 15 is 0 Å². The molecule has 4 heteroatoms. The molecule has 0 radical (unpaired) electrons. The number of carbonyl (C=O) groups excluding carboxylic acids is 1. The Morgan fingerprint density at radius 3 is 2.67 bits per heavy atom. The summed E-state index contributed by atoms with van der Waals surface area (Å²) in [6, 6.07) is 0. The molecule has 1 aromatic heterocycles. The summed E-state index contributed by atoms with van der Waals surface area (Å²) in [4.78, 5) is 20.8. The van der Waals surface area contributed by atoms with Crippen molar-refractivity contribution in [1.29, 1.82) is 0 Å². The second kappa shape index (κ2) is 4.67. The number of aromatic nitrogens is 2. The number of aryl methyl sites for hydroxylation is 1. The molecule has 2 N–H and O–H groups in total. The minimum Gasteiger partial charge on any atom is -0.368 e. The first-order valence-corrected chi connectivity index (χ1v) is 6.61. The molecule has 0 saturated carbocycles. The van der Waals surface area contributed by atoms with Gasteiger partial charge in [0, 0.05) is 6.42 Å². The van der Waals surface area contributed by atoms with Gasteiger partial charge in [-0.3, -0.25) is 4.79 Å². The lowest BCUT2D eigenvalue weighted by atomic mass is 9.75. The van der Waals surface area contributed by atoms with Crippen LogP contribution in [0.1, 0.15) is 61.8 Å². The smallest absolute Gasteiger partial charge is 0.220 e.